The van der Waals surface area contributed by atoms with Gasteiger partial charge in [-0.05, 0) is 38.2 Å². The molecule has 4 N–H and O–H groups in total. The zero-order valence-corrected chi connectivity index (χ0v) is 20.6. The molecule has 3 unspecified atom stereocenters. The van der Waals surface area contributed by atoms with Crippen molar-refractivity contribution in [3.8, 4) is 0 Å². The number of thioether (sulfide) groups is 2. The van der Waals surface area contributed by atoms with Gasteiger partial charge >= 0.3 is 5.97 Å². The van der Waals surface area contributed by atoms with Gasteiger partial charge in [0.05, 0.1) is 16.0 Å². The van der Waals surface area contributed by atoms with Crippen LogP contribution in [-0.4, -0.2) is 55.1 Å². The lowest BCUT2D eigenvalue weighted by Crippen LogP contribution is -2.51. The molecular formula is C21H30N3O5PS2. The number of nitrogens with one attached hydrogen (secondary N) is 2. The second-order valence-corrected chi connectivity index (χ2v) is 13.8. The van der Waals surface area contributed by atoms with Gasteiger partial charge in [0.25, 0.3) is 7.52 Å². The molecule has 11 heteroatoms. The van der Waals surface area contributed by atoms with Crippen molar-refractivity contribution in [1.29, 1.82) is 5.53 Å². The fraction of sp³-hybridized carbons (Fsp3) is 0.619. The zero-order chi connectivity index (χ0) is 23.4. The predicted molar refractivity (Wildman–Crippen MR) is 128 cm³/mol. The van der Waals surface area contributed by atoms with Crippen molar-refractivity contribution in [3.05, 3.63) is 35.9 Å². The summed E-state index contributed by atoms with van der Waals surface area (Å²) in [5.74, 6) is -1.13. The van der Waals surface area contributed by atoms with E-state index in [0.717, 1.165) is 29.9 Å². The van der Waals surface area contributed by atoms with Crippen molar-refractivity contribution >= 4 is 42.8 Å². The number of carbonyl (C=O) groups is 2. The monoisotopic (exact) mass is 499 g/mol. The number of Topliss-reactive ketones (excluding diaryl/α,β-unsaturated/α-hetero) is 1. The highest BCUT2D eigenvalue weighted by molar-refractivity contribution is 8.21. The number of hydrogen-bond acceptors (Lipinski definition) is 7. The van der Waals surface area contributed by atoms with Crippen LogP contribution < -0.4 is 5.09 Å². The number of nitrogens with zero attached hydrogens (tertiary/aromatic N) is 1. The van der Waals surface area contributed by atoms with Gasteiger partial charge in [-0.15, -0.1) is 23.5 Å². The van der Waals surface area contributed by atoms with Gasteiger partial charge in [0.2, 0.25) is 0 Å². The summed E-state index contributed by atoms with van der Waals surface area (Å²) < 4.78 is 12.3. The van der Waals surface area contributed by atoms with Crippen LogP contribution in [0.5, 0.6) is 0 Å². The van der Waals surface area contributed by atoms with Gasteiger partial charge in [0, 0.05) is 24.1 Å². The molecule has 1 saturated heterocycles. The second-order valence-electron chi connectivity index (χ2n) is 8.50. The molecule has 0 aromatic heterocycles. The van der Waals surface area contributed by atoms with E-state index in [1.54, 1.807) is 23.5 Å². The highest BCUT2D eigenvalue weighted by Crippen LogP contribution is 2.61. The van der Waals surface area contributed by atoms with Gasteiger partial charge in [-0.1, -0.05) is 30.3 Å². The lowest BCUT2D eigenvalue weighted by atomic mass is 9.81. The van der Waals surface area contributed by atoms with Crippen LogP contribution in [0.25, 0.3) is 0 Å². The van der Waals surface area contributed by atoms with Crippen LogP contribution in [0.4, 0.5) is 0 Å². The Balaban J connectivity index is 1.62. The Labute approximate surface area is 196 Å². The number of rotatable bonds is 11. The van der Waals surface area contributed by atoms with Crippen LogP contribution in [0.15, 0.2) is 35.4 Å². The van der Waals surface area contributed by atoms with Crippen LogP contribution in [0, 0.1) is 11.4 Å². The molecule has 1 saturated carbocycles. The lowest BCUT2D eigenvalue weighted by Gasteiger charge is -2.30. The third-order valence-corrected chi connectivity index (χ3v) is 11.3. The number of hydrogen-bond donors (Lipinski definition) is 4. The first kappa shape index (κ1) is 25.4. The average Bonchev–Trinajstić information content (AvgIpc) is 3.36. The molecule has 176 valence electrons. The maximum atomic E-state index is 13.4. The van der Waals surface area contributed by atoms with Crippen molar-refractivity contribution in [2.24, 2.45) is 11.0 Å². The normalized spacial score (nSPS) is 27.1. The van der Waals surface area contributed by atoms with Crippen molar-refractivity contribution < 1.29 is 24.2 Å². The zero-order valence-electron chi connectivity index (χ0n) is 18.0. The number of ketones is 1. The molecule has 1 aromatic carbocycles. The minimum absolute atomic E-state index is 0.0144. The number of benzene rings is 1. The van der Waals surface area contributed by atoms with Crippen molar-refractivity contribution in [2.45, 2.75) is 54.7 Å². The fourth-order valence-electron chi connectivity index (χ4n) is 4.63. The summed E-state index contributed by atoms with van der Waals surface area (Å²) in [4.78, 5) is 35.7. The van der Waals surface area contributed by atoms with E-state index in [0.29, 0.717) is 6.42 Å². The van der Waals surface area contributed by atoms with E-state index in [2.05, 4.69) is 10.2 Å². The standard InChI is InChI=1S/C21H30N3O5PS2/c1-15(23-30(28,29)10-6-5-9-16-7-3-2-4-8-16)18(25)21(24-22)14-20(31-11-12-32-20)13-17(21)19(26)27/h2-4,7-8,15,17,22H,5-6,9-14H2,1H3,(H,26,27)(H2,23,28,29)/t15-,17?,21?/m0/s1. The molecule has 1 aliphatic carbocycles. The van der Waals surface area contributed by atoms with E-state index in [9.17, 15) is 24.2 Å². The van der Waals surface area contributed by atoms with Gasteiger partial charge in [0.15, 0.2) is 11.3 Å². The van der Waals surface area contributed by atoms with E-state index in [4.69, 9.17) is 5.53 Å². The van der Waals surface area contributed by atoms with Crippen molar-refractivity contribution in [2.75, 3.05) is 17.7 Å². The topological polar surface area (TPSA) is 140 Å². The van der Waals surface area contributed by atoms with Gasteiger partial charge in [-0.25, -0.2) is 10.6 Å². The summed E-state index contributed by atoms with van der Waals surface area (Å²) >= 11 is 3.25. The van der Waals surface area contributed by atoms with Gasteiger partial charge in [-0.3, -0.25) is 14.2 Å². The predicted octanol–water partition coefficient (Wildman–Crippen LogP) is 4.18. The number of unbranched alkanes of at least 4 members (excludes halogenated alkanes) is 1. The second kappa shape index (κ2) is 10.4. The maximum Gasteiger partial charge on any atom is 0.309 e. The summed E-state index contributed by atoms with van der Waals surface area (Å²) in [6, 6.07) is 8.78. The highest BCUT2D eigenvalue weighted by Gasteiger charge is 2.64. The van der Waals surface area contributed by atoms with Gasteiger partial charge in [-0.2, -0.15) is 5.11 Å². The van der Waals surface area contributed by atoms with Crippen molar-refractivity contribution in [3.63, 3.8) is 0 Å². The average molecular weight is 500 g/mol. The third-order valence-electron chi connectivity index (χ3n) is 6.18. The molecule has 1 spiro atoms. The van der Waals surface area contributed by atoms with Crippen LogP contribution in [0.1, 0.15) is 38.2 Å². The molecule has 2 fully saturated rings. The molecule has 1 aliphatic heterocycles. The Morgan fingerprint density at radius 3 is 2.53 bits per heavy atom. The quantitative estimate of drug-likeness (QED) is 0.202. The SMILES string of the molecule is C[C@H](NP(=O)(O)CCCCc1ccccc1)C(=O)C1(N=N)CC2(CC1C(=O)O)SCCS2. The van der Waals surface area contributed by atoms with Gasteiger partial charge < -0.3 is 10.00 Å². The number of aliphatic carboxylic acids is 1. The molecule has 4 atom stereocenters. The van der Waals surface area contributed by atoms with Crippen LogP contribution in [0.3, 0.4) is 0 Å². The molecular weight excluding hydrogens is 469 g/mol. The summed E-state index contributed by atoms with van der Waals surface area (Å²) in [5, 5.41) is 15.9. The molecule has 32 heavy (non-hydrogen) atoms. The maximum absolute atomic E-state index is 13.4. The Kier molecular flexibility index (Phi) is 8.25. The Morgan fingerprint density at radius 1 is 1.28 bits per heavy atom. The van der Waals surface area contributed by atoms with Crippen LogP contribution >= 0.6 is 31.0 Å². The highest BCUT2D eigenvalue weighted by atomic mass is 32.2. The summed E-state index contributed by atoms with van der Waals surface area (Å²) in [6.45, 7) is 1.46. The minimum atomic E-state index is -3.81. The molecule has 3 rings (SSSR count). The first-order valence-corrected chi connectivity index (χ1v) is 14.5. The summed E-state index contributed by atoms with van der Waals surface area (Å²) in [7, 11) is -3.81. The third kappa shape index (κ3) is 5.65. The molecule has 8 nitrogen and oxygen atoms in total. The minimum Gasteiger partial charge on any atom is -0.481 e. The van der Waals surface area contributed by atoms with E-state index >= 15 is 0 Å². The smallest absolute Gasteiger partial charge is 0.309 e. The number of carboxylic acids is 1. The molecule has 1 heterocycles. The van der Waals surface area contributed by atoms with E-state index < -0.39 is 40.8 Å². The molecule has 2 aliphatic rings. The van der Waals surface area contributed by atoms with E-state index in [-0.39, 0.29) is 19.0 Å². The molecule has 0 amide bonds. The Hall–Kier alpha value is -1.19. The first-order chi connectivity index (χ1) is 15.1. The van der Waals surface area contributed by atoms with E-state index in [1.165, 1.54) is 6.92 Å². The van der Waals surface area contributed by atoms with Gasteiger partial charge in [0.1, 0.15) is 0 Å². The van der Waals surface area contributed by atoms with E-state index in [1.807, 2.05) is 30.3 Å². The van der Waals surface area contributed by atoms with Crippen LogP contribution in [0.2, 0.25) is 0 Å². The number of aryl methyl sites for hydroxylation is 1. The lowest BCUT2D eigenvalue weighted by molar-refractivity contribution is -0.147. The fourth-order valence-corrected chi connectivity index (χ4v) is 9.59. The summed E-state index contributed by atoms with van der Waals surface area (Å²) in [6.07, 6.45) is 2.48. The molecule has 1 aromatic rings. The van der Waals surface area contributed by atoms with Crippen LogP contribution in [-0.2, 0) is 20.6 Å². The largest absolute Gasteiger partial charge is 0.481 e. The molecule has 0 radical (unpaired) electrons. The molecule has 0 bridgehead atoms. The Morgan fingerprint density at radius 2 is 1.94 bits per heavy atom. The summed E-state index contributed by atoms with van der Waals surface area (Å²) in [5.41, 5.74) is 7.20. The number of carbonyl (C=O) groups excluding carboxylic acids is 1. The van der Waals surface area contributed by atoms with Crippen molar-refractivity contribution in [1.82, 2.24) is 5.09 Å². The Bertz CT molecular complexity index is 897. The first-order valence-electron chi connectivity index (χ1n) is 10.7. The number of carboxylic acid groups (broad SMARTS) is 1.